The Morgan fingerprint density at radius 3 is 2.47 bits per heavy atom. The summed E-state index contributed by atoms with van der Waals surface area (Å²) in [4.78, 5) is 11.4. The van der Waals surface area contributed by atoms with Crippen molar-refractivity contribution in [3.8, 4) is 5.75 Å². The predicted octanol–water partition coefficient (Wildman–Crippen LogP) is 5.13. The van der Waals surface area contributed by atoms with Crippen molar-refractivity contribution < 1.29 is 4.74 Å². The number of benzene rings is 2. The first kappa shape index (κ1) is 22.6. The molecule has 1 fully saturated rings. The van der Waals surface area contributed by atoms with Gasteiger partial charge < -0.3 is 10.1 Å². The van der Waals surface area contributed by atoms with Crippen LogP contribution in [-0.4, -0.2) is 44.8 Å². The smallest absolute Gasteiger partial charge is 0.226 e. The topological polar surface area (TPSA) is 68.1 Å². The zero-order valence-electron chi connectivity index (χ0n) is 19.4. The fraction of sp³-hybridized carbons (Fsp3) is 0.346. The minimum atomic E-state index is 0.194. The lowest BCUT2D eigenvalue weighted by Gasteiger charge is -2.26. The summed E-state index contributed by atoms with van der Waals surface area (Å²) >= 11 is 6.27. The van der Waals surface area contributed by atoms with Gasteiger partial charge in [-0.05, 0) is 66.4 Å². The molecular formula is C26H29ClN6O. The molecule has 1 aliphatic rings. The molecule has 1 saturated heterocycles. The number of methoxy groups -OCH3 is 1. The number of aromatic nitrogens is 4. The van der Waals surface area contributed by atoms with Crippen molar-refractivity contribution in [3.05, 3.63) is 76.7 Å². The van der Waals surface area contributed by atoms with E-state index in [0.717, 1.165) is 23.2 Å². The standard InChI is InChI=1S/C26H29ClN6O/c1-34-22-7-5-6-21(14-22)15-28-24-23-16-29-33(25(23)31-26(27)30-24)18-20-10-8-19(9-11-20)17-32-12-3-2-4-13-32/h5-11,14,16H,2-4,12-13,15,17-18H2,1H3,(H,28,30,31). The number of nitrogens with one attached hydrogen (secondary N) is 1. The number of piperidine rings is 1. The van der Waals surface area contributed by atoms with Crippen LogP contribution in [-0.2, 0) is 19.6 Å². The van der Waals surface area contributed by atoms with Gasteiger partial charge in [-0.25, -0.2) is 4.68 Å². The number of fused-ring (bicyclic) bond motifs is 1. The highest BCUT2D eigenvalue weighted by Gasteiger charge is 2.14. The van der Waals surface area contributed by atoms with Crippen LogP contribution in [0.25, 0.3) is 11.0 Å². The van der Waals surface area contributed by atoms with E-state index in [1.807, 2.05) is 28.9 Å². The molecular weight excluding hydrogens is 448 g/mol. The average molecular weight is 477 g/mol. The van der Waals surface area contributed by atoms with Gasteiger partial charge >= 0.3 is 0 Å². The van der Waals surface area contributed by atoms with E-state index < -0.39 is 0 Å². The molecule has 0 atom stereocenters. The van der Waals surface area contributed by atoms with Crippen LogP contribution in [0, 0.1) is 0 Å². The third-order valence-electron chi connectivity index (χ3n) is 6.27. The second kappa shape index (κ2) is 10.4. The van der Waals surface area contributed by atoms with Gasteiger partial charge in [0, 0.05) is 13.1 Å². The van der Waals surface area contributed by atoms with Crippen molar-refractivity contribution in [2.24, 2.45) is 0 Å². The molecule has 0 bridgehead atoms. The first-order valence-electron chi connectivity index (χ1n) is 11.7. The van der Waals surface area contributed by atoms with Gasteiger partial charge in [-0.15, -0.1) is 0 Å². The lowest BCUT2D eigenvalue weighted by Crippen LogP contribution is -2.29. The van der Waals surface area contributed by atoms with Crippen LogP contribution in [0.3, 0.4) is 0 Å². The van der Waals surface area contributed by atoms with Gasteiger partial charge in [0.25, 0.3) is 0 Å². The van der Waals surface area contributed by atoms with Crippen LogP contribution in [0.2, 0.25) is 5.28 Å². The van der Waals surface area contributed by atoms with E-state index in [2.05, 4.69) is 49.5 Å². The van der Waals surface area contributed by atoms with E-state index in [9.17, 15) is 0 Å². The Bertz CT molecular complexity index is 1250. The molecule has 4 aromatic rings. The molecule has 0 spiro atoms. The maximum Gasteiger partial charge on any atom is 0.226 e. The summed E-state index contributed by atoms with van der Waals surface area (Å²) in [6.45, 7) is 4.64. The van der Waals surface area contributed by atoms with Crippen LogP contribution < -0.4 is 10.1 Å². The molecule has 5 rings (SSSR count). The van der Waals surface area contributed by atoms with Crippen LogP contribution >= 0.6 is 11.6 Å². The number of likely N-dealkylation sites (tertiary alicyclic amines) is 1. The Labute approximate surface area is 204 Å². The van der Waals surface area contributed by atoms with Gasteiger partial charge in [-0.1, -0.05) is 42.8 Å². The van der Waals surface area contributed by atoms with Gasteiger partial charge in [-0.2, -0.15) is 15.1 Å². The molecule has 8 heteroatoms. The maximum absolute atomic E-state index is 6.27. The first-order valence-corrected chi connectivity index (χ1v) is 12.1. The van der Waals surface area contributed by atoms with Crippen molar-refractivity contribution in [1.29, 1.82) is 0 Å². The SMILES string of the molecule is COc1cccc(CNc2nc(Cl)nc3c2cnn3Cc2ccc(CN3CCCCC3)cc2)c1. The van der Waals surface area contributed by atoms with Crippen LogP contribution in [0.4, 0.5) is 5.82 Å². The van der Waals surface area contributed by atoms with E-state index in [4.69, 9.17) is 16.3 Å². The highest BCUT2D eigenvalue weighted by Crippen LogP contribution is 2.24. The van der Waals surface area contributed by atoms with Crippen LogP contribution in [0.15, 0.2) is 54.7 Å². The zero-order chi connectivity index (χ0) is 23.3. The highest BCUT2D eigenvalue weighted by atomic mass is 35.5. The minimum Gasteiger partial charge on any atom is -0.497 e. The van der Waals surface area contributed by atoms with Gasteiger partial charge in [0.1, 0.15) is 11.6 Å². The molecule has 0 saturated carbocycles. The first-order chi connectivity index (χ1) is 16.7. The van der Waals surface area contributed by atoms with Gasteiger partial charge in [0.05, 0.1) is 25.2 Å². The van der Waals surface area contributed by atoms with E-state index in [1.54, 1.807) is 13.3 Å². The Morgan fingerprint density at radius 1 is 0.941 bits per heavy atom. The lowest BCUT2D eigenvalue weighted by atomic mass is 10.1. The third kappa shape index (κ3) is 5.32. The summed E-state index contributed by atoms with van der Waals surface area (Å²) in [5, 5.41) is 8.98. The summed E-state index contributed by atoms with van der Waals surface area (Å²) in [5.74, 6) is 1.49. The predicted molar refractivity (Wildman–Crippen MR) is 135 cm³/mol. The number of halogens is 1. The number of hydrogen-bond donors (Lipinski definition) is 1. The zero-order valence-corrected chi connectivity index (χ0v) is 20.1. The van der Waals surface area contributed by atoms with Crippen molar-refractivity contribution >= 4 is 28.5 Å². The number of anilines is 1. The normalized spacial score (nSPS) is 14.4. The fourth-order valence-corrected chi connectivity index (χ4v) is 4.61. The molecule has 0 aliphatic carbocycles. The van der Waals surface area contributed by atoms with Crippen molar-refractivity contribution in [2.75, 3.05) is 25.5 Å². The molecule has 0 unspecified atom stereocenters. The fourth-order valence-electron chi connectivity index (χ4n) is 4.45. The molecule has 1 aliphatic heterocycles. The van der Waals surface area contributed by atoms with E-state index >= 15 is 0 Å². The van der Waals surface area contributed by atoms with Crippen molar-refractivity contribution in [2.45, 2.75) is 38.9 Å². The average Bonchev–Trinajstić information content (AvgIpc) is 3.27. The van der Waals surface area contributed by atoms with Gasteiger partial charge in [-0.3, -0.25) is 4.90 Å². The van der Waals surface area contributed by atoms with Crippen molar-refractivity contribution in [3.63, 3.8) is 0 Å². The Hall–Kier alpha value is -3.16. The summed E-state index contributed by atoms with van der Waals surface area (Å²) in [6.07, 6.45) is 5.78. The molecule has 7 nitrogen and oxygen atoms in total. The Balaban J connectivity index is 1.30. The molecule has 3 heterocycles. The molecule has 1 N–H and O–H groups in total. The van der Waals surface area contributed by atoms with Gasteiger partial charge in [0.2, 0.25) is 5.28 Å². The monoisotopic (exact) mass is 476 g/mol. The molecule has 0 amide bonds. The lowest BCUT2D eigenvalue weighted by molar-refractivity contribution is 0.221. The van der Waals surface area contributed by atoms with Crippen molar-refractivity contribution in [1.82, 2.24) is 24.6 Å². The van der Waals surface area contributed by atoms with E-state index in [0.29, 0.717) is 24.6 Å². The largest absolute Gasteiger partial charge is 0.497 e. The summed E-state index contributed by atoms with van der Waals surface area (Å²) in [7, 11) is 1.66. The molecule has 34 heavy (non-hydrogen) atoms. The number of nitrogens with zero attached hydrogens (tertiary/aromatic N) is 5. The summed E-state index contributed by atoms with van der Waals surface area (Å²) < 4.78 is 7.19. The molecule has 2 aromatic heterocycles. The third-order valence-corrected chi connectivity index (χ3v) is 6.44. The summed E-state index contributed by atoms with van der Waals surface area (Å²) in [5.41, 5.74) is 4.32. The van der Waals surface area contributed by atoms with Crippen LogP contribution in [0.1, 0.15) is 36.0 Å². The molecule has 0 radical (unpaired) electrons. The second-order valence-corrected chi connectivity index (χ2v) is 9.08. The Kier molecular flexibility index (Phi) is 6.92. The van der Waals surface area contributed by atoms with E-state index in [1.165, 1.54) is 43.5 Å². The number of rotatable bonds is 8. The quantitative estimate of drug-likeness (QED) is 0.355. The second-order valence-electron chi connectivity index (χ2n) is 8.74. The van der Waals surface area contributed by atoms with E-state index in [-0.39, 0.29) is 5.28 Å². The van der Waals surface area contributed by atoms with Crippen LogP contribution in [0.5, 0.6) is 5.75 Å². The number of hydrogen-bond acceptors (Lipinski definition) is 6. The highest BCUT2D eigenvalue weighted by molar-refractivity contribution is 6.28. The van der Waals surface area contributed by atoms with Gasteiger partial charge in [0.15, 0.2) is 5.65 Å². The Morgan fingerprint density at radius 2 is 1.71 bits per heavy atom. The molecule has 176 valence electrons. The maximum atomic E-state index is 6.27. The summed E-state index contributed by atoms with van der Waals surface area (Å²) in [6, 6.07) is 16.7. The molecule has 2 aromatic carbocycles. The number of ether oxygens (including phenoxy) is 1. The minimum absolute atomic E-state index is 0.194.